The van der Waals surface area contributed by atoms with Crippen molar-refractivity contribution in [1.82, 2.24) is 9.29 Å². The van der Waals surface area contributed by atoms with E-state index >= 15 is 0 Å². The van der Waals surface area contributed by atoms with Gasteiger partial charge in [-0.3, -0.25) is 4.79 Å². The second-order valence-electron chi connectivity index (χ2n) is 4.51. The molecule has 0 saturated carbocycles. The zero-order chi connectivity index (χ0) is 15.0. The SMILES string of the molecule is N#Cc1ncccc1S(=O)(=O)N1CCC(N)(C(=O)O)C1. The van der Waals surface area contributed by atoms with Gasteiger partial charge in [-0.2, -0.15) is 9.57 Å². The van der Waals surface area contributed by atoms with Gasteiger partial charge in [0, 0.05) is 19.3 Å². The normalized spacial score (nSPS) is 23.4. The summed E-state index contributed by atoms with van der Waals surface area (Å²) in [6.07, 6.45) is 1.33. The Hall–Kier alpha value is -2.02. The third-order valence-electron chi connectivity index (χ3n) is 3.19. The van der Waals surface area contributed by atoms with Gasteiger partial charge >= 0.3 is 5.97 Å². The Morgan fingerprint density at radius 2 is 2.30 bits per heavy atom. The fourth-order valence-electron chi connectivity index (χ4n) is 2.00. The van der Waals surface area contributed by atoms with Gasteiger partial charge in [-0.05, 0) is 18.6 Å². The molecule has 2 heterocycles. The molecule has 0 spiro atoms. The van der Waals surface area contributed by atoms with Crippen LogP contribution in [0.3, 0.4) is 0 Å². The highest BCUT2D eigenvalue weighted by Crippen LogP contribution is 2.26. The largest absolute Gasteiger partial charge is 0.480 e. The Labute approximate surface area is 115 Å². The van der Waals surface area contributed by atoms with Gasteiger partial charge in [0.05, 0.1) is 0 Å². The third kappa shape index (κ3) is 2.24. The standard InChI is InChI=1S/C11H12N4O4S/c12-6-8-9(2-1-4-14-8)20(18,19)15-5-3-11(13,7-15)10(16)17/h1-2,4H,3,5,7,13H2,(H,16,17). The first-order valence-electron chi connectivity index (χ1n) is 5.69. The van der Waals surface area contributed by atoms with Gasteiger partial charge in [0.1, 0.15) is 16.5 Å². The molecule has 1 aromatic heterocycles. The Morgan fingerprint density at radius 3 is 2.85 bits per heavy atom. The molecule has 1 unspecified atom stereocenters. The minimum Gasteiger partial charge on any atom is -0.480 e. The number of rotatable bonds is 3. The minimum absolute atomic E-state index is 0.00903. The minimum atomic E-state index is -3.98. The predicted octanol–water partition coefficient (Wildman–Crippen LogP) is -0.870. The van der Waals surface area contributed by atoms with Crippen molar-refractivity contribution in [3.63, 3.8) is 0 Å². The van der Waals surface area contributed by atoms with Crippen molar-refractivity contribution in [2.24, 2.45) is 5.73 Å². The summed E-state index contributed by atoms with van der Waals surface area (Å²) in [5.74, 6) is -1.25. The van der Waals surface area contributed by atoms with Crippen LogP contribution < -0.4 is 5.73 Å². The number of carboxylic acid groups (broad SMARTS) is 1. The summed E-state index contributed by atoms with van der Waals surface area (Å²) in [4.78, 5) is 14.5. The molecule has 1 atom stereocenters. The lowest BCUT2D eigenvalue weighted by Crippen LogP contribution is -2.50. The average Bonchev–Trinajstić information content (AvgIpc) is 2.83. The highest BCUT2D eigenvalue weighted by atomic mass is 32.2. The molecule has 1 saturated heterocycles. The van der Waals surface area contributed by atoms with E-state index in [1.54, 1.807) is 6.07 Å². The molecule has 8 nitrogen and oxygen atoms in total. The summed E-state index contributed by atoms with van der Waals surface area (Å²) in [6.45, 7) is -0.338. The van der Waals surface area contributed by atoms with Gasteiger partial charge in [-0.25, -0.2) is 13.4 Å². The van der Waals surface area contributed by atoms with Crippen LogP contribution in [0.4, 0.5) is 0 Å². The number of hydrogen-bond acceptors (Lipinski definition) is 6. The van der Waals surface area contributed by atoms with Crippen LogP contribution >= 0.6 is 0 Å². The van der Waals surface area contributed by atoms with Crippen LogP contribution in [0.5, 0.6) is 0 Å². The van der Waals surface area contributed by atoms with Crippen molar-refractivity contribution < 1.29 is 18.3 Å². The van der Waals surface area contributed by atoms with Gasteiger partial charge in [-0.15, -0.1) is 0 Å². The molecule has 2 rings (SSSR count). The van der Waals surface area contributed by atoms with E-state index in [9.17, 15) is 13.2 Å². The van der Waals surface area contributed by atoms with Gasteiger partial charge in [0.25, 0.3) is 0 Å². The molecule has 0 amide bonds. The molecule has 106 valence electrons. The monoisotopic (exact) mass is 296 g/mol. The number of pyridine rings is 1. The summed E-state index contributed by atoms with van der Waals surface area (Å²) in [6, 6.07) is 4.37. The Bertz CT molecular complexity index is 697. The number of nitrogens with two attached hydrogens (primary N) is 1. The van der Waals surface area contributed by atoms with Crippen molar-refractivity contribution in [2.75, 3.05) is 13.1 Å². The van der Waals surface area contributed by atoms with Crippen molar-refractivity contribution >= 4 is 16.0 Å². The van der Waals surface area contributed by atoms with Crippen LogP contribution in [0.15, 0.2) is 23.2 Å². The predicted molar refractivity (Wildman–Crippen MR) is 66.9 cm³/mol. The number of carbonyl (C=O) groups is 1. The van der Waals surface area contributed by atoms with E-state index in [0.29, 0.717) is 0 Å². The average molecular weight is 296 g/mol. The van der Waals surface area contributed by atoms with E-state index in [1.165, 1.54) is 18.3 Å². The Morgan fingerprint density at radius 1 is 1.60 bits per heavy atom. The Kier molecular flexibility index (Phi) is 3.47. The van der Waals surface area contributed by atoms with Crippen molar-refractivity contribution in [2.45, 2.75) is 16.9 Å². The first-order valence-corrected chi connectivity index (χ1v) is 7.13. The third-order valence-corrected chi connectivity index (χ3v) is 5.06. The van der Waals surface area contributed by atoms with Gasteiger partial charge in [0.15, 0.2) is 5.69 Å². The molecule has 9 heteroatoms. The molecule has 3 N–H and O–H groups in total. The van der Waals surface area contributed by atoms with Gasteiger partial charge < -0.3 is 10.8 Å². The summed E-state index contributed by atoms with van der Waals surface area (Å²) >= 11 is 0. The topological polar surface area (TPSA) is 137 Å². The first-order chi connectivity index (χ1) is 9.31. The molecule has 1 aliphatic rings. The van der Waals surface area contributed by atoms with E-state index in [4.69, 9.17) is 16.1 Å². The highest BCUT2D eigenvalue weighted by Gasteiger charge is 2.46. The van der Waals surface area contributed by atoms with Crippen LogP contribution in [0.1, 0.15) is 12.1 Å². The zero-order valence-electron chi connectivity index (χ0n) is 10.4. The number of sulfonamides is 1. The van der Waals surface area contributed by atoms with Crippen LogP contribution in [0.25, 0.3) is 0 Å². The highest BCUT2D eigenvalue weighted by molar-refractivity contribution is 7.89. The van der Waals surface area contributed by atoms with E-state index in [-0.39, 0.29) is 30.1 Å². The molecule has 1 aromatic rings. The molecular formula is C11H12N4O4S. The van der Waals surface area contributed by atoms with Crippen LogP contribution in [-0.4, -0.2) is 47.4 Å². The van der Waals surface area contributed by atoms with E-state index < -0.39 is 21.5 Å². The summed E-state index contributed by atoms with van der Waals surface area (Å²) in [5.41, 5.74) is 3.83. The quantitative estimate of drug-likeness (QED) is 0.739. The maximum atomic E-state index is 12.4. The number of aliphatic carboxylic acids is 1. The number of nitriles is 1. The van der Waals surface area contributed by atoms with Crippen LogP contribution in [0.2, 0.25) is 0 Å². The summed E-state index contributed by atoms with van der Waals surface area (Å²) in [5, 5.41) is 17.9. The maximum absolute atomic E-state index is 12.4. The number of aromatic nitrogens is 1. The smallest absolute Gasteiger partial charge is 0.325 e. The lowest BCUT2D eigenvalue weighted by Gasteiger charge is -2.20. The van der Waals surface area contributed by atoms with Gasteiger partial charge in [0.2, 0.25) is 10.0 Å². The molecule has 1 aliphatic heterocycles. The first kappa shape index (κ1) is 14.4. The molecule has 0 bridgehead atoms. The maximum Gasteiger partial charge on any atom is 0.325 e. The van der Waals surface area contributed by atoms with Crippen molar-refractivity contribution in [1.29, 1.82) is 5.26 Å². The summed E-state index contributed by atoms with van der Waals surface area (Å²) < 4.78 is 25.8. The lowest BCUT2D eigenvalue weighted by atomic mass is 10.0. The van der Waals surface area contributed by atoms with Crippen molar-refractivity contribution in [3.05, 3.63) is 24.0 Å². The van der Waals surface area contributed by atoms with E-state index in [1.807, 2.05) is 0 Å². The molecule has 0 aliphatic carbocycles. The van der Waals surface area contributed by atoms with Crippen molar-refractivity contribution in [3.8, 4) is 6.07 Å². The number of carboxylic acids is 1. The fourth-order valence-corrected chi connectivity index (χ4v) is 3.60. The molecule has 20 heavy (non-hydrogen) atoms. The van der Waals surface area contributed by atoms with Crippen LogP contribution in [-0.2, 0) is 14.8 Å². The van der Waals surface area contributed by atoms with Crippen LogP contribution in [0, 0.1) is 11.3 Å². The van der Waals surface area contributed by atoms with E-state index in [0.717, 1.165) is 4.31 Å². The molecule has 0 radical (unpaired) electrons. The number of nitrogens with zero attached hydrogens (tertiary/aromatic N) is 3. The molecule has 0 aromatic carbocycles. The number of hydrogen-bond donors (Lipinski definition) is 2. The fraction of sp³-hybridized carbons (Fsp3) is 0.364. The second kappa shape index (κ2) is 4.82. The zero-order valence-corrected chi connectivity index (χ0v) is 11.2. The summed E-state index contributed by atoms with van der Waals surface area (Å²) in [7, 11) is -3.98. The van der Waals surface area contributed by atoms with Gasteiger partial charge in [-0.1, -0.05) is 0 Å². The molecular weight excluding hydrogens is 284 g/mol. The second-order valence-corrected chi connectivity index (χ2v) is 6.42. The molecule has 1 fully saturated rings. The Balaban J connectivity index is 2.39. The van der Waals surface area contributed by atoms with E-state index in [2.05, 4.69) is 4.98 Å². The lowest BCUT2D eigenvalue weighted by molar-refractivity contribution is -0.142.